The summed E-state index contributed by atoms with van der Waals surface area (Å²) in [7, 11) is 0. The molecule has 0 saturated heterocycles. The summed E-state index contributed by atoms with van der Waals surface area (Å²) in [5.41, 5.74) is 2.62. The van der Waals surface area contributed by atoms with Crippen molar-refractivity contribution in [1.29, 1.82) is 0 Å². The Labute approximate surface area is 87.4 Å². The molecule has 1 amide bonds. The van der Waals surface area contributed by atoms with E-state index in [9.17, 15) is 4.79 Å². The Morgan fingerprint density at radius 3 is 3.00 bits per heavy atom. The van der Waals surface area contributed by atoms with Crippen molar-refractivity contribution in [2.75, 3.05) is 6.61 Å². The first-order chi connectivity index (χ1) is 7.24. The molecule has 0 aliphatic heterocycles. The highest BCUT2D eigenvalue weighted by Gasteiger charge is 1.98. The third kappa shape index (κ3) is 3.68. The highest BCUT2D eigenvalue weighted by Crippen LogP contribution is 2.15. The molecule has 0 fully saturated rings. The maximum atomic E-state index is 10.1. The summed E-state index contributed by atoms with van der Waals surface area (Å²) in [6.45, 7) is 2.43. The summed E-state index contributed by atoms with van der Waals surface area (Å²) >= 11 is 0. The number of amides is 1. The Kier molecular flexibility index (Phi) is 4.15. The maximum Gasteiger partial charge on any atom is 0.425 e. The van der Waals surface area contributed by atoms with Gasteiger partial charge in [0.05, 0.1) is 12.8 Å². The van der Waals surface area contributed by atoms with Crippen LogP contribution in [0.3, 0.4) is 0 Å². The zero-order chi connectivity index (χ0) is 11.1. The number of hydrogen-bond donors (Lipinski definition) is 2. The van der Waals surface area contributed by atoms with Crippen LogP contribution in [0.2, 0.25) is 0 Å². The van der Waals surface area contributed by atoms with Crippen LogP contribution in [-0.2, 0) is 0 Å². The molecule has 0 aliphatic carbocycles. The van der Waals surface area contributed by atoms with E-state index in [0.29, 0.717) is 12.4 Å². The number of hydrogen-bond acceptors (Lipinski definition) is 3. The van der Waals surface area contributed by atoms with Crippen molar-refractivity contribution in [3.8, 4) is 5.75 Å². The van der Waals surface area contributed by atoms with E-state index in [4.69, 9.17) is 9.84 Å². The van der Waals surface area contributed by atoms with Gasteiger partial charge in [0.15, 0.2) is 0 Å². The van der Waals surface area contributed by atoms with E-state index in [1.54, 1.807) is 12.1 Å². The molecule has 0 unspecified atom stereocenters. The average Bonchev–Trinajstić information content (AvgIpc) is 2.20. The molecular formula is C10H12N2O3. The second-order valence-electron chi connectivity index (χ2n) is 2.65. The number of nitrogens with zero attached hydrogens (tertiary/aromatic N) is 1. The van der Waals surface area contributed by atoms with Crippen molar-refractivity contribution < 1.29 is 14.6 Å². The molecule has 1 aromatic rings. The molecule has 1 rings (SSSR count). The lowest BCUT2D eigenvalue weighted by Crippen LogP contribution is -2.13. The van der Waals surface area contributed by atoms with Crippen molar-refractivity contribution in [2.45, 2.75) is 6.92 Å². The third-order valence-electron chi connectivity index (χ3n) is 1.58. The molecule has 0 aliphatic rings. The molecule has 0 atom stereocenters. The molecule has 2 N–H and O–H groups in total. The smallest absolute Gasteiger partial charge is 0.425 e. The van der Waals surface area contributed by atoms with Crippen LogP contribution < -0.4 is 10.2 Å². The van der Waals surface area contributed by atoms with Crippen LogP contribution in [0.25, 0.3) is 0 Å². The largest absolute Gasteiger partial charge is 0.493 e. The van der Waals surface area contributed by atoms with Gasteiger partial charge < -0.3 is 9.84 Å². The molecule has 0 spiro atoms. The first-order valence-corrected chi connectivity index (χ1v) is 4.48. The SMILES string of the molecule is CCOc1ccccc1C=NNC(=O)O. The van der Waals surface area contributed by atoms with Gasteiger partial charge in [-0.15, -0.1) is 0 Å². The van der Waals surface area contributed by atoms with Crippen LogP contribution in [0.1, 0.15) is 12.5 Å². The molecule has 0 radical (unpaired) electrons. The molecule has 1 aromatic carbocycles. The molecule has 0 saturated carbocycles. The van der Waals surface area contributed by atoms with E-state index < -0.39 is 6.09 Å². The van der Waals surface area contributed by atoms with Gasteiger partial charge in [0, 0.05) is 5.56 Å². The van der Waals surface area contributed by atoms with E-state index >= 15 is 0 Å². The summed E-state index contributed by atoms with van der Waals surface area (Å²) in [6, 6.07) is 7.25. The minimum absolute atomic E-state index is 0.553. The van der Waals surface area contributed by atoms with E-state index in [0.717, 1.165) is 5.56 Å². The minimum Gasteiger partial charge on any atom is -0.493 e. The molecule has 5 heteroatoms. The summed E-state index contributed by atoms with van der Waals surface area (Å²) in [6.07, 6.45) is 0.208. The lowest BCUT2D eigenvalue weighted by Gasteiger charge is -2.05. The summed E-state index contributed by atoms with van der Waals surface area (Å²) in [5, 5.41) is 11.8. The summed E-state index contributed by atoms with van der Waals surface area (Å²) in [5.74, 6) is 0.677. The van der Waals surface area contributed by atoms with Gasteiger partial charge in [-0.05, 0) is 19.1 Å². The molecule has 0 heterocycles. The van der Waals surface area contributed by atoms with Gasteiger partial charge in [-0.1, -0.05) is 12.1 Å². The topological polar surface area (TPSA) is 70.9 Å². The van der Waals surface area contributed by atoms with E-state index in [2.05, 4.69) is 5.10 Å². The zero-order valence-corrected chi connectivity index (χ0v) is 8.30. The van der Waals surface area contributed by atoms with Crippen LogP contribution in [0.4, 0.5) is 4.79 Å². The van der Waals surface area contributed by atoms with Crippen LogP contribution in [0.15, 0.2) is 29.4 Å². The highest BCUT2D eigenvalue weighted by molar-refractivity contribution is 5.84. The second-order valence-corrected chi connectivity index (χ2v) is 2.65. The predicted octanol–water partition coefficient (Wildman–Crippen LogP) is 1.69. The molecule has 5 nitrogen and oxygen atoms in total. The van der Waals surface area contributed by atoms with E-state index in [1.165, 1.54) is 6.21 Å². The van der Waals surface area contributed by atoms with Crippen molar-refractivity contribution in [2.24, 2.45) is 5.10 Å². The van der Waals surface area contributed by atoms with Gasteiger partial charge >= 0.3 is 6.09 Å². The lowest BCUT2D eigenvalue weighted by molar-refractivity contribution is 0.195. The quantitative estimate of drug-likeness (QED) is 0.584. The zero-order valence-electron chi connectivity index (χ0n) is 8.30. The van der Waals surface area contributed by atoms with Gasteiger partial charge in [-0.25, -0.2) is 10.2 Å². The fourth-order valence-corrected chi connectivity index (χ4v) is 1.03. The number of benzene rings is 1. The lowest BCUT2D eigenvalue weighted by atomic mass is 10.2. The fraction of sp³-hybridized carbons (Fsp3) is 0.200. The molecular weight excluding hydrogens is 196 g/mol. The van der Waals surface area contributed by atoms with E-state index in [-0.39, 0.29) is 0 Å². The Hall–Kier alpha value is -2.04. The first kappa shape index (κ1) is 11.0. The number of para-hydroxylation sites is 1. The van der Waals surface area contributed by atoms with Gasteiger partial charge in [0.25, 0.3) is 0 Å². The maximum absolute atomic E-state index is 10.1. The van der Waals surface area contributed by atoms with Crippen LogP contribution >= 0.6 is 0 Å². The Balaban J connectivity index is 2.74. The third-order valence-corrected chi connectivity index (χ3v) is 1.58. The monoisotopic (exact) mass is 208 g/mol. The van der Waals surface area contributed by atoms with Crippen LogP contribution in [-0.4, -0.2) is 24.0 Å². The number of carbonyl (C=O) groups is 1. The second kappa shape index (κ2) is 5.64. The molecule has 80 valence electrons. The molecule has 0 aromatic heterocycles. The fourth-order valence-electron chi connectivity index (χ4n) is 1.03. The van der Waals surface area contributed by atoms with Gasteiger partial charge in [0.1, 0.15) is 5.75 Å². The van der Waals surface area contributed by atoms with Crippen molar-refractivity contribution in [3.63, 3.8) is 0 Å². The number of nitrogens with one attached hydrogen (secondary N) is 1. The summed E-state index contributed by atoms with van der Waals surface area (Å²) < 4.78 is 5.33. The van der Waals surface area contributed by atoms with E-state index in [1.807, 2.05) is 24.5 Å². The van der Waals surface area contributed by atoms with Crippen LogP contribution in [0.5, 0.6) is 5.75 Å². The number of rotatable bonds is 4. The van der Waals surface area contributed by atoms with Gasteiger partial charge in [-0.3, -0.25) is 0 Å². The number of ether oxygens (including phenoxy) is 1. The standard InChI is InChI=1S/C10H12N2O3/c1-2-15-9-6-4-3-5-8(9)7-11-12-10(13)14/h3-7,12H,2H2,1H3,(H,13,14). The normalized spacial score (nSPS) is 10.2. The van der Waals surface area contributed by atoms with Gasteiger partial charge in [-0.2, -0.15) is 5.10 Å². The molecule has 15 heavy (non-hydrogen) atoms. The van der Waals surface area contributed by atoms with Crippen LogP contribution in [0, 0.1) is 0 Å². The Morgan fingerprint density at radius 2 is 2.33 bits per heavy atom. The van der Waals surface area contributed by atoms with Crippen molar-refractivity contribution in [1.82, 2.24) is 5.43 Å². The minimum atomic E-state index is -1.19. The number of hydrazone groups is 1. The van der Waals surface area contributed by atoms with Gasteiger partial charge in [0.2, 0.25) is 0 Å². The Morgan fingerprint density at radius 1 is 1.60 bits per heavy atom. The van der Waals surface area contributed by atoms with Crippen molar-refractivity contribution in [3.05, 3.63) is 29.8 Å². The predicted molar refractivity (Wildman–Crippen MR) is 56.4 cm³/mol. The first-order valence-electron chi connectivity index (χ1n) is 4.48. The highest BCUT2D eigenvalue weighted by atomic mass is 16.5. The number of carboxylic acid groups (broad SMARTS) is 1. The Bertz CT molecular complexity index is 363. The molecule has 0 bridgehead atoms. The van der Waals surface area contributed by atoms with Crippen molar-refractivity contribution >= 4 is 12.3 Å². The average molecular weight is 208 g/mol. The summed E-state index contributed by atoms with van der Waals surface area (Å²) in [4.78, 5) is 10.1.